The Balaban J connectivity index is 1.93. The van der Waals surface area contributed by atoms with E-state index in [1.807, 2.05) is 0 Å². The highest BCUT2D eigenvalue weighted by atomic mass is 35.5. The highest BCUT2D eigenvalue weighted by Crippen LogP contribution is 2.29. The molecule has 1 aliphatic rings. The van der Waals surface area contributed by atoms with E-state index >= 15 is 0 Å². The van der Waals surface area contributed by atoms with Gasteiger partial charge in [-0.25, -0.2) is 13.4 Å². The number of hydrogen-bond acceptors (Lipinski definition) is 6. The molecule has 2 heterocycles. The summed E-state index contributed by atoms with van der Waals surface area (Å²) in [4.78, 5) is 12.7. The number of nitrogens with one attached hydrogen (secondary N) is 1. The fourth-order valence-electron chi connectivity index (χ4n) is 2.69. The number of nitrogens with zero attached hydrogens (tertiary/aromatic N) is 4. The molecule has 7 nitrogen and oxygen atoms in total. The van der Waals surface area contributed by atoms with E-state index < -0.39 is 10.0 Å². The average molecular weight is 416 g/mol. The Bertz CT molecular complexity index is 915. The van der Waals surface area contributed by atoms with Crippen molar-refractivity contribution in [1.82, 2.24) is 9.97 Å². The van der Waals surface area contributed by atoms with Crippen molar-refractivity contribution in [2.45, 2.75) is 17.7 Å². The van der Waals surface area contributed by atoms with Crippen molar-refractivity contribution in [2.75, 3.05) is 41.7 Å². The quantitative estimate of drug-likeness (QED) is 0.806. The molecule has 1 aromatic carbocycles. The van der Waals surface area contributed by atoms with Crippen molar-refractivity contribution in [2.24, 2.45) is 0 Å². The van der Waals surface area contributed by atoms with Crippen LogP contribution in [0.3, 0.4) is 0 Å². The van der Waals surface area contributed by atoms with Gasteiger partial charge in [0.15, 0.2) is 5.82 Å². The summed E-state index contributed by atoms with van der Waals surface area (Å²) in [7, 11) is -0.257. The number of aromatic nitrogens is 2. The van der Waals surface area contributed by atoms with Gasteiger partial charge in [-0.15, -0.1) is 0 Å². The maximum absolute atomic E-state index is 12.7. The molecule has 1 saturated heterocycles. The lowest BCUT2D eigenvalue weighted by atomic mass is 10.4. The predicted molar refractivity (Wildman–Crippen MR) is 105 cm³/mol. The first-order valence-corrected chi connectivity index (χ1v) is 10.3. The molecule has 2 aromatic rings. The smallest absolute Gasteiger partial charge is 0.262 e. The molecule has 0 unspecified atom stereocenters. The van der Waals surface area contributed by atoms with Crippen LogP contribution in [0.1, 0.15) is 12.8 Å². The van der Waals surface area contributed by atoms with E-state index in [-0.39, 0.29) is 14.9 Å². The lowest BCUT2D eigenvalue weighted by Gasteiger charge is -2.21. The molecule has 140 valence electrons. The molecule has 0 amide bonds. The van der Waals surface area contributed by atoms with E-state index in [1.165, 1.54) is 24.4 Å². The van der Waals surface area contributed by atoms with Gasteiger partial charge < -0.3 is 9.80 Å². The van der Waals surface area contributed by atoms with Crippen LogP contribution in [0.25, 0.3) is 0 Å². The Kier molecular flexibility index (Phi) is 5.45. The molecule has 0 radical (unpaired) electrons. The van der Waals surface area contributed by atoms with Gasteiger partial charge in [-0.2, -0.15) is 4.98 Å². The van der Waals surface area contributed by atoms with Crippen LogP contribution in [0.2, 0.25) is 10.0 Å². The molecule has 0 bridgehead atoms. The van der Waals surface area contributed by atoms with Gasteiger partial charge >= 0.3 is 0 Å². The van der Waals surface area contributed by atoms with Crippen LogP contribution in [-0.2, 0) is 10.0 Å². The zero-order chi connectivity index (χ0) is 18.9. The third-order valence-electron chi connectivity index (χ3n) is 4.01. The van der Waals surface area contributed by atoms with E-state index in [2.05, 4.69) is 19.6 Å². The van der Waals surface area contributed by atoms with E-state index in [0.29, 0.717) is 17.5 Å². The summed E-state index contributed by atoms with van der Waals surface area (Å²) < 4.78 is 27.9. The molecular formula is C16H19Cl2N5O2S. The minimum absolute atomic E-state index is 0.0141. The SMILES string of the molecule is CN(C)c1nc(N2CCCC2)ncc1NS(=O)(=O)c1ccc(Cl)c(Cl)c1. The first-order valence-electron chi connectivity index (χ1n) is 8.05. The van der Waals surface area contributed by atoms with Crippen LogP contribution in [-0.4, -0.2) is 45.6 Å². The van der Waals surface area contributed by atoms with Gasteiger partial charge in [0.25, 0.3) is 10.0 Å². The Morgan fingerprint density at radius 1 is 1.15 bits per heavy atom. The lowest BCUT2D eigenvalue weighted by molar-refractivity contribution is 0.601. The molecule has 0 atom stereocenters. The Hall–Kier alpha value is -1.77. The minimum atomic E-state index is -3.85. The van der Waals surface area contributed by atoms with Crippen LogP contribution < -0.4 is 14.5 Å². The largest absolute Gasteiger partial charge is 0.361 e. The van der Waals surface area contributed by atoms with Gasteiger partial charge in [-0.1, -0.05) is 23.2 Å². The van der Waals surface area contributed by atoms with Crippen LogP contribution >= 0.6 is 23.2 Å². The van der Waals surface area contributed by atoms with Gasteiger partial charge in [-0.05, 0) is 31.0 Å². The van der Waals surface area contributed by atoms with Gasteiger partial charge in [0.1, 0.15) is 5.69 Å². The van der Waals surface area contributed by atoms with Crippen molar-refractivity contribution in [3.63, 3.8) is 0 Å². The molecule has 1 aromatic heterocycles. The second kappa shape index (κ2) is 7.46. The van der Waals surface area contributed by atoms with Gasteiger partial charge in [0.05, 0.1) is 21.1 Å². The van der Waals surface area contributed by atoms with E-state index in [4.69, 9.17) is 23.2 Å². The summed E-state index contributed by atoms with van der Waals surface area (Å²) in [6.45, 7) is 1.81. The zero-order valence-electron chi connectivity index (χ0n) is 14.4. The summed E-state index contributed by atoms with van der Waals surface area (Å²) in [5.41, 5.74) is 0.295. The Morgan fingerprint density at radius 3 is 2.46 bits per heavy atom. The normalized spacial score (nSPS) is 14.5. The number of hydrogen-bond donors (Lipinski definition) is 1. The number of halogens is 2. The zero-order valence-corrected chi connectivity index (χ0v) is 16.7. The van der Waals surface area contributed by atoms with Gasteiger partial charge in [0.2, 0.25) is 5.95 Å². The number of anilines is 3. The first-order chi connectivity index (χ1) is 12.3. The van der Waals surface area contributed by atoms with Crippen LogP contribution in [0.15, 0.2) is 29.3 Å². The number of benzene rings is 1. The molecule has 0 aliphatic carbocycles. The fourth-order valence-corrected chi connectivity index (χ4v) is 4.13. The summed E-state index contributed by atoms with van der Waals surface area (Å²) in [6.07, 6.45) is 3.70. The Morgan fingerprint density at radius 2 is 1.85 bits per heavy atom. The van der Waals surface area contributed by atoms with Crippen molar-refractivity contribution >= 4 is 50.7 Å². The Labute approximate surface area is 163 Å². The average Bonchev–Trinajstić information content (AvgIpc) is 3.11. The summed E-state index contributed by atoms with van der Waals surface area (Å²) in [5.74, 6) is 1.09. The first kappa shape index (κ1) is 19.0. The summed E-state index contributed by atoms with van der Waals surface area (Å²) in [6, 6.07) is 4.14. The molecule has 0 spiro atoms. The molecule has 1 N–H and O–H groups in total. The van der Waals surface area contributed by atoms with Gasteiger partial charge in [-0.3, -0.25) is 4.72 Å². The monoisotopic (exact) mass is 415 g/mol. The van der Waals surface area contributed by atoms with Crippen LogP contribution in [0.4, 0.5) is 17.5 Å². The standard InChI is InChI=1S/C16H19Cl2N5O2S/c1-22(2)15-14(10-19-16(20-15)23-7-3-4-8-23)21-26(24,25)11-5-6-12(17)13(18)9-11/h5-6,9-10,21H,3-4,7-8H2,1-2H3. The third-order valence-corrected chi connectivity index (χ3v) is 6.12. The molecule has 0 saturated carbocycles. The van der Waals surface area contributed by atoms with Crippen molar-refractivity contribution in [3.05, 3.63) is 34.4 Å². The molecule has 3 rings (SSSR count). The fraction of sp³-hybridized carbons (Fsp3) is 0.375. The maximum atomic E-state index is 12.7. The maximum Gasteiger partial charge on any atom is 0.262 e. The second-order valence-electron chi connectivity index (χ2n) is 6.18. The van der Waals surface area contributed by atoms with Crippen molar-refractivity contribution in [3.8, 4) is 0 Å². The molecular weight excluding hydrogens is 397 g/mol. The van der Waals surface area contributed by atoms with E-state index in [1.54, 1.807) is 19.0 Å². The predicted octanol–water partition coefficient (Wildman–Crippen LogP) is 3.25. The molecule has 1 aliphatic heterocycles. The third kappa shape index (κ3) is 3.97. The van der Waals surface area contributed by atoms with Gasteiger partial charge in [0, 0.05) is 27.2 Å². The number of sulfonamides is 1. The number of rotatable bonds is 5. The van der Waals surface area contributed by atoms with Crippen LogP contribution in [0, 0.1) is 0 Å². The van der Waals surface area contributed by atoms with E-state index in [0.717, 1.165) is 25.9 Å². The minimum Gasteiger partial charge on any atom is -0.361 e. The van der Waals surface area contributed by atoms with Crippen molar-refractivity contribution < 1.29 is 8.42 Å². The highest BCUT2D eigenvalue weighted by Gasteiger charge is 2.22. The molecule has 10 heteroatoms. The lowest BCUT2D eigenvalue weighted by Crippen LogP contribution is -2.24. The van der Waals surface area contributed by atoms with Crippen LogP contribution in [0.5, 0.6) is 0 Å². The van der Waals surface area contributed by atoms with E-state index in [9.17, 15) is 8.42 Å². The summed E-state index contributed by atoms with van der Waals surface area (Å²) in [5, 5.41) is 0.459. The molecule has 26 heavy (non-hydrogen) atoms. The topological polar surface area (TPSA) is 78.4 Å². The second-order valence-corrected chi connectivity index (χ2v) is 8.67. The molecule has 1 fully saturated rings. The summed E-state index contributed by atoms with van der Waals surface area (Å²) >= 11 is 11.8. The highest BCUT2D eigenvalue weighted by molar-refractivity contribution is 7.92. The van der Waals surface area contributed by atoms with Crippen molar-refractivity contribution in [1.29, 1.82) is 0 Å².